The molecule has 6 heteroatoms. The molecule has 0 bridgehead atoms. The number of aromatic amines is 2. The molecule has 0 radical (unpaired) electrons. The predicted molar refractivity (Wildman–Crippen MR) is 68.8 cm³/mol. The molecular formula is C12H16N4O2. The number of nitrogens with zero attached hydrogens (tertiary/aromatic N) is 2. The van der Waals surface area contributed by atoms with Crippen molar-refractivity contribution in [1.82, 2.24) is 19.9 Å². The lowest BCUT2D eigenvalue weighted by Crippen LogP contribution is -2.24. The van der Waals surface area contributed by atoms with Crippen LogP contribution in [0.15, 0.2) is 9.59 Å². The second-order valence-electron chi connectivity index (χ2n) is 4.22. The Morgan fingerprint density at radius 2 is 1.56 bits per heavy atom. The maximum Gasteiger partial charge on any atom is 0.327 e. The van der Waals surface area contributed by atoms with Crippen molar-refractivity contribution in [3.8, 4) is 0 Å². The Morgan fingerprint density at radius 1 is 0.944 bits per heavy atom. The molecular weight excluding hydrogens is 232 g/mol. The van der Waals surface area contributed by atoms with Crippen LogP contribution < -0.4 is 11.2 Å². The summed E-state index contributed by atoms with van der Waals surface area (Å²) in [6, 6.07) is 0. The molecule has 0 unspecified atom stereocenters. The van der Waals surface area contributed by atoms with Gasteiger partial charge in [0.15, 0.2) is 11.2 Å². The molecule has 2 aromatic rings. The van der Waals surface area contributed by atoms with Crippen LogP contribution >= 0.6 is 0 Å². The van der Waals surface area contributed by atoms with Gasteiger partial charge in [-0.05, 0) is 12.8 Å². The first-order valence-electron chi connectivity index (χ1n) is 6.17. The number of aromatic nitrogens is 4. The molecule has 0 saturated carbocycles. The van der Waals surface area contributed by atoms with Crippen LogP contribution in [0, 0.1) is 0 Å². The van der Waals surface area contributed by atoms with E-state index in [1.807, 2.05) is 0 Å². The molecule has 2 rings (SSSR count). The first-order chi connectivity index (χ1) is 8.65. The minimum absolute atomic E-state index is 0.206. The Kier molecular flexibility index (Phi) is 3.55. The zero-order valence-electron chi connectivity index (χ0n) is 10.5. The molecule has 0 fully saturated rings. The fraction of sp³-hybridized carbons (Fsp3) is 0.500. The highest BCUT2D eigenvalue weighted by atomic mass is 16.2. The zero-order chi connectivity index (χ0) is 13.1. The van der Waals surface area contributed by atoms with Gasteiger partial charge in [0.2, 0.25) is 0 Å². The van der Waals surface area contributed by atoms with Crippen molar-refractivity contribution in [1.29, 1.82) is 0 Å². The molecule has 0 spiro atoms. The van der Waals surface area contributed by atoms with E-state index >= 15 is 0 Å². The molecule has 2 N–H and O–H groups in total. The summed E-state index contributed by atoms with van der Waals surface area (Å²) in [4.78, 5) is 36.2. The van der Waals surface area contributed by atoms with E-state index in [4.69, 9.17) is 0 Å². The summed E-state index contributed by atoms with van der Waals surface area (Å²) in [5.74, 6) is 0. The second kappa shape index (κ2) is 5.12. The van der Waals surface area contributed by atoms with Gasteiger partial charge in [-0.2, -0.15) is 0 Å². The Balaban J connectivity index is 2.71. The first kappa shape index (κ1) is 12.5. The van der Waals surface area contributed by atoms with Crippen LogP contribution in [0.25, 0.3) is 11.2 Å². The SMILES string of the molecule is CCCc1nc2[nH]c(=O)[nH]c(=O)c2nc1CCC. The molecule has 0 aliphatic heterocycles. The summed E-state index contributed by atoms with van der Waals surface area (Å²) in [5, 5.41) is 0. The Labute approximate surface area is 104 Å². The van der Waals surface area contributed by atoms with E-state index in [1.165, 1.54) is 0 Å². The lowest BCUT2D eigenvalue weighted by molar-refractivity contribution is 0.803. The highest BCUT2D eigenvalue weighted by molar-refractivity contribution is 5.68. The van der Waals surface area contributed by atoms with Crippen molar-refractivity contribution in [2.75, 3.05) is 0 Å². The summed E-state index contributed by atoms with van der Waals surface area (Å²) in [6.07, 6.45) is 3.48. The van der Waals surface area contributed by atoms with Crippen LogP contribution in [0.5, 0.6) is 0 Å². The molecule has 2 heterocycles. The summed E-state index contributed by atoms with van der Waals surface area (Å²) in [7, 11) is 0. The van der Waals surface area contributed by atoms with Crippen molar-refractivity contribution < 1.29 is 0 Å². The lowest BCUT2D eigenvalue weighted by Gasteiger charge is -2.07. The molecule has 0 aliphatic carbocycles. The van der Waals surface area contributed by atoms with Gasteiger partial charge in [-0.15, -0.1) is 0 Å². The monoisotopic (exact) mass is 248 g/mol. The van der Waals surface area contributed by atoms with Gasteiger partial charge in [-0.3, -0.25) is 14.8 Å². The molecule has 96 valence electrons. The summed E-state index contributed by atoms with van der Waals surface area (Å²) >= 11 is 0. The number of fused-ring (bicyclic) bond motifs is 1. The molecule has 2 aromatic heterocycles. The Hall–Kier alpha value is -1.98. The van der Waals surface area contributed by atoms with Crippen LogP contribution in [0.3, 0.4) is 0 Å². The zero-order valence-corrected chi connectivity index (χ0v) is 10.5. The minimum Gasteiger partial charge on any atom is -0.290 e. The van der Waals surface area contributed by atoms with E-state index in [0.29, 0.717) is 0 Å². The normalized spacial score (nSPS) is 11.0. The van der Waals surface area contributed by atoms with E-state index in [-0.39, 0.29) is 11.2 Å². The summed E-state index contributed by atoms with van der Waals surface area (Å²) in [5.41, 5.74) is 1.16. The van der Waals surface area contributed by atoms with E-state index in [2.05, 4.69) is 33.8 Å². The van der Waals surface area contributed by atoms with Gasteiger partial charge in [0.05, 0.1) is 11.4 Å². The standard InChI is InChI=1S/C12H16N4O2/c1-3-5-7-8(6-4-2)14-10-9(13-7)11(17)16-12(18)15-10/h3-6H2,1-2H3,(H2,14,15,16,17,18). The molecule has 0 aliphatic rings. The topological polar surface area (TPSA) is 91.5 Å². The minimum atomic E-state index is -0.549. The van der Waals surface area contributed by atoms with Crippen LogP contribution in [0.4, 0.5) is 0 Å². The van der Waals surface area contributed by atoms with Crippen LogP contribution in [0.2, 0.25) is 0 Å². The van der Waals surface area contributed by atoms with Crippen molar-refractivity contribution in [3.05, 3.63) is 32.2 Å². The van der Waals surface area contributed by atoms with Crippen molar-refractivity contribution in [3.63, 3.8) is 0 Å². The fourth-order valence-corrected chi connectivity index (χ4v) is 1.93. The predicted octanol–water partition coefficient (Wildman–Crippen LogP) is 0.911. The van der Waals surface area contributed by atoms with Gasteiger partial charge in [0.1, 0.15) is 0 Å². The van der Waals surface area contributed by atoms with Gasteiger partial charge in [0, 0.05) is 0 Å². The van der Waals surface area contributed by atoms with E-state index in [9.17, 15) is 9.59 Å². The van der Waals surface area contributed by atoms with Gasteiger partial charge >= 0.3 is 5.69 Å². The molecule has 0 saturated heterocycles. The van der Waals surface area contributed by atoms with Gasteiger partial charge < -0.3 is 0 Å². The second-order valence-corrected chi connectivity index (χ2v) is 4.22. The Bertz CT molecular complexity index is 672. The molecule has 18 heavy (non-hydrogen) atoms. The quantitative estimate of drug-likeness (QED) is 0.841. The number of hydrogen-bond acceptors (Lipinski definition) is 4. The van der Waals surface area contributed by atoms with Gasteiger partial charge in [-0.25, -0.2) is 14.8 Å². The van der Waals surface area contributed by atoms with E-state index < -0.39 is 11.2 Å². The third-order valence-corrected chi connectivity index (χ3v) is 2.70. The molecule has 0 amide bonds. The average Bonchev–Trinajstić information content (AvgIpc) is 2.31. The highest BCUT2D eigenvalue weighted by Gasteiger charge is 2.10. The molecule has 6 nitrogen and oxygen atoms in total. The van der Waals surface area contributed by atoms with E-state index in [0.717, 1.165) is 37.1 Å². The van der Waals surface area contributed by atoms with Gasteiger partial charge in [0.25, 0.3) is 5.56 Å². The third-order valence-electron chi connectivity index (χ3n) is 2.70. The maximum atomic E-state index is 11.6. The summed E-state index contributed by atoms with van der Waals surface area (Å²) < 4.78 is 0. The fourth-order valence-electron chi connectivity index (χ4n) is 1.93. The Morgan fingerprint density at radius 3 is 2.17 bits per heavy atom. The summed E-state index contributed by atoms with van der Waals surface area (Å²) in [6.45, 7) is 4.11. The van der Waals surface area contributed by atoms with Crippen molar-refractivity contribution >= 4 is 11.2 Å². The molecule has 0 aromatic carbocycles. The highest BCUT2D eigenvalue weighted by Crippen LogP contribution is 2.11. The molecule has 0 atom stereocenters. The number of H-pyrrole nitrogens is 2. The van der Waals surface area contributed by atoms with Gasteiger partial charge in [-0.1, -0.05) is 26.7 Å². The number of hydrogen-bond donors (Lipinski definition) is 2. The smallest absolute Gasteiger partial charge is 0.290 e. The maximum absolute atomic E-state index is 11.6. The third kappa shape index (κ3) is 2.32. The average molecular weight is 248 g/mol. The largest absolute Gasteiger partial charge is 0.327 e. The number of rotatable bonds is 4. The van der Waals surface area contributed by atoms with Crippen LogP contribution in [0.1, 0.15) is 38.1 Å². The van der Waals surface area contributed by atoms with Crippen LogP contribution in [-0.2, 0) is 12.8 Å². The lowest BCUT2D eigenvalue weighted by atomic mass is 10.1. The van der Waals surface area contributed by atoms with Crippen molar-refractivity contribution in [2.45, 2.75) is 39.5 Å². The van der Waals surface area contributed by atoms with Crippen LogP contribution in [-0.4, -0.2) is 19.9 Å². The first-order valence-corrected chi connectivity index (χ1v) is 6.17. The number of aryl methyl sites for hydroxylation is 2. The number of nitrogens with one attached hydrogen (secondary N) is 2. The van der Waals surface area contributed by atoms with Crippen molar-refractivity contribution in [2.24, 2.45) is 0 Å². The van der Waals surface area contributed by atoms with E-state index in [1.54, 1.807) is 0 Å².